The van der Waals surface area contributed by atoms with Crippen LogP contribution < -0.4 is 20.7 Å². The van der Waals surface area contributed by atoms with E-state index >= 15 is 14.4 Å². The van der Waals surface area contributed by atoms with Gasteiger partial charge in [-0.05, 0) is 105 Å². The van der Waals surface area contributed by atoms with Gasteiger partial charge >= 0.3 is 24.1 Å². The fourth-order valence-electron chi connectivity index (χ4n) is 11.7. The Morgan fingerprint density at radius 3 is 1.91 bits per heavy atom. The first kappa shape index (κ1) is 76.1. The van der Waals surface area contributed by atoms with E-state index in [1.807, 2.05) is 71.9 Å². The Bertz CT molecular complexity index is 2500. The van der Waals surface area contributed by atoms with Crippen LogP contribution in [0.4, 0.5) is 9.59 Å². The van der Waals surface area contributed by atoms with E-state index < -0.39 is 116 Å². The van der Waals surface area contributed by atoms with Crippen LogP contribution in [0.5, 0.6) is 5.75 Å². The topological polar surface area (TPSA) is 253 Å². The molecule has 0 bridgehead atoms. The van der Waals surface area contributed by atoms with E-state index in [1.54, 1.807) is 52.0 Å². The highest BCUT2D eigenvalue weighted by Crippen LogP contribution is 2.44. The van der Waals surface area contributed by atoms with Crippen molar-refractivity contribution in [2.75, 3.05) is 34.6 Å². The molecule has 5 amide bonds. The van der Waals surface area contributed by atoms with Crippen molar-refractivity contribution in [3.8, 4) is 5.75 Å². The zero-order valence-electron chi connectivity index (χ0n) is 56.3. The summed E-state index contributed by atoms with van der Waals surface area (Å²) < 4.78 is 47.8. The van der Waals surface area contributed by atoms with E-state index in [0.717, 1.165) is 11.8 Å². The van der Waals surface area contributed by atoms with Crippen LogP contribution in [0.1, 0.15) is 161 Å². The van der Waals surface area contributed by atoms with Crippen LogP contribution in [0.25, 0.3) is 0 Å². The van der Waals surface area contributed by atoms with E-state index in [2.05, 4.69) is 57.5 Å². The molecule has 3 rings (SSSR count). The molecule has 1 aliphatic heterocycles. The number of likely N-dealkylation sites (N-methyl/N-ethyl adjacent to an activating group) is 1. The molecular formula is C66H107N5O16Si. The zero-order chi connectivity index (χ0) is 66.4. The number of likely N-dealkylation sites (tertiary alicyclic amines) is 1. The third-order valence-electron chi connectivity index (χ3n) is 16.5. The van der Waals surface area contributed by atoms with E-state index in [-0.39, 0.29) is 80.0 Å². The number of aldehydes is 1. The highest BCUT2D eigenvalue weighted by Gasteiger charge is 2.50. The van der Waals surface area contributed by atoms with Gasteiger partial charge in [-0.2, -0.15) is 0 Å². The summed E-state index contributed by atoms with van der Waals surface area (Å²) in [6, 6.07) is 10.1. The molecule has 0 unspecified atom stereocenters. The van der Waals surface area contributed by atoms with E-state index in [4.69, 9.17) is 37.6 Å². The number of methoxy groups -OCH3 is 2. The number of rotatable bonds is 35. The summed E-state index contributed by atoms with van der Waals surface area (Å²) in [5.41, 5.74) is 0.476. The van der Waals surface area contributed by atoms with Crippen LogP contribution in [0.3, 0.4) is 0 Å². The quantitative estimate of drug-likeness (QED) is 0.0191. The highest BCUT2D eigenvalue weighted by atomic mass is 28.4. The molecule has 22 heteroatoms. The summed E-state index contributed by atoms with van der Waals surface area (Å²) in [6.45, 7) is 32.2. The van der Waals surface area contributed by atoms with Crippen LogP contribution in [-0.4, -0.2) is 161 Å². The maximum absolute atomic E-state index is 15.4. The van der Waals surface area contributed by atoms with Crippen molar-refractivity contribution >= 4 is 56.5 Å². The van der Waals surface area contributed by atoms with Gasteiger partial charge in [-0.1, -0.05) is 139 Å². The molecule has 3 N–H and O–H groups in total. The molecule has 0 aromatic heterocycles. The second-order valence-corrected chi connectivity index (χ2v) is 31.6. The van der Waals surface area contributed by atoms with Crippen LogP contribution in [0.2, 0.25) is 16.6 Å². The monoisotopic (exact) mass is 1250 g/mol. The summed E-state index contributed by atoms with van der Waals surface area (Å²) in [6.07, 6.45) is -4.13. The van der Waals surface area contributed by atoms with Gasteiger partial charge in [0.25, 0.3) is 0 Å². The number of amides is 5. The van der Waals surface area contributed by atoms with Crippen molar-refractivity contribution in [1.29, 1.82) is 0 Å². The first-order valence-corrected chi connectivity index (χ1v) is 33.5. The maximum Gasteiger partial charge on any atom is 0.408 e. The largest absolute Gasteiger partial charge is 0.497 e. The van der Waals surface area contributed by atoms with Crippen molar-refractivity contribution in [3.05, 3.63) is 65.7 Å². The van der Waals surface area contributed by atoms with Gasteiger partial charge in [0.15, 0.2) is 0 Å². The number of alkyl carbamates (subject to hydrolysis) is 2. The molecule has 496 valence electrons. The van der Waals surface area contributed by atoms with Gasteiger partial charge in [0.2, 0.25) is 26.0 Å². The van der Waals surface area contributed by atoms with Crippen molar-refractivity contribution in [1.82, 2.24) is 25.8 Å². The van der Waals surface area contributed by atoms with E-state index in [9.17, 15) is 24.0 Å². The Labute approximate surface area is 525 Å². The minimum Gasteiger partial charge on any atom is -0.497 e. The van der Waals surface area contributed by atoms with Crippen molar-refractivity contribution in [2.24, 2.45) is 23.7 Å². The molecular weight excluding hydrogens is 1150 g/mol. The van der Waals surface area contributed by atoms with E-state index in [1.165, 1.54) is 38.0 Å². The summed E-state index contributed by atoms with van der Waals surface area (Å²) in [7, 11) is 1.53. The van der Waals surface area contributed by atoms with Crippen LogP contribution in [0.15, 0.2) is 54.6 Å². The molecule has 1 saturated heterocycles. The van der Waals surface area contributed by atoms with Crippen molar-refractivity contribution in [3.63, 3.8) is 0 Å². The van der Waals surface area contributed by atoms with Gasteiger partial charge in [0.1, 0.15) is 73.5 Å². The summed E-state index contributed by atoms with van der Waals surface area (Å²) in [5, 5.41) is 8.58. The van der Waals surface area contributed by atoms with Gasteiger partial charge in [-0.15, -0.1) is 0 Å². The molecule has 1 aliphatic rings. The smallest absolute Gasteiger partial charge is 0.408 e. The Balaban J connectivity index is 2.15. The molecule has 0 saturated carbocycles. The van der Waals surface area contributed by atoms with E-state index in [0.29, 0.717) is 24.2 Å². The Hall–Kier alpha value is -6.10. The SMILES string of the molecule is CC[C@H](C)[C@@H](NC(=O)[C@@H](NC(=O)OC(C)(C)C)[C@@H](C)OC(=O)[C@H](Cc1ccc(OC)cc1)N(C)C(=O)[C@@H]1CCCN1C(=O)[C@H](CC(C)C)NC(=O)OCc1ccccc1)[C@H](CC(=O)O[C@@H](C(C)C)[C@@H](OCOC)[C@H](C)C=O)O[Si](C(C)C)(C(C)C)C(C)C. The van der Waals surface area contributed by atoms with Gasteiger partial charge in [0, 0.05) is 33.0 Å². The summed E-state index contributed by atoms with van der Waals surface area (Å²) >= 11 is 0. The number of esters is 2. The lowest BCUT2D eigenvalue weighted by Crippen LogP contribution is -2.62. The molecule has 0 radical (unpaired) electrons. The average Bonchev–Trinajstić information content (AvgIpc) is 1.52. The van der Waals surface area contributed by atoms with Gasteiger partial charge in [-0.25, -0.2) is 14.4 Å². The fourth-order valence-corrected chi connectivity index (χ4v) is 17.3. The number of carbonyl (C=O) groups is 8. The molecule has 11 atom stereocenters. The third kappa shape index (κ3) is 22.4. The minimum atomic E-state index is -2.89. The number of hydrogen-bond acceptors (Lipinski definition) is 16. The number of nitrogens with zero attached hydrogens (tertiary/aromatic N) is 2. The molecule has 88 heavy (non-hydrogen) atoms. The first-order chi connectivity index (χ1) is 41.3. The number of ether oxygens (including phenoxy) is 7. The van der Waals surface area contributed by atoms with Gasteiger partial charge in [0.05, 0.1) is 25.7 Å². The Morgan fingerprint density at radius 2 is 1.39 bits per heavy atom. The molecule has 21 nitrogen and oxygen atoms in total. The van der Waals surface area contributed by atoms with Gasteiger partial charge < -0.3 is 68.1 Å². The molecule has 2 aromatic carbocycles. The third-order valence-corrected chi connectivity index (χ3v) is 22.6. The summed E-state index contributed by atoms with van der Waals surface area (Å²) in [4.78, 5) is 117. The molecule has 0 aliphatic carbocycles. The Morgan fingerprint density at radius 1 is 0.773 bits per heavy atom. The average molecular weight is 1250 g/mol. The van der Waals surface area contributed by atoms with Crippen LogP contribution >= 0.6 is 0 Å². The maximum atomic E-state index is 15.4. The standard InChI is InChI=1S/C66H107N5O16Si/c1-21-45(12)56(54(87-88(42(6)7,43(8)9)44(10)11)36-55(73)85-58(41(4)5)59(46(13)37-72)83-39-80-19)68-60(74)57(69-65(79)86-66(15,16)17)47(14)84-63(77)53(35-48-29-31-50(81-20)32-30-48)70(18)62(76)52-28-25-33-71(52)61(75)51(34-40(2)3)67-64(78)82-38-49-26-23-22-24-27-49/h22-24,26-27,29-32,37,40-47,51-54,56-59H,21,25,28,33-36,38-39H2,1-20H3,(H,67,78)(H,68,74)(H,69,79)/t45-,46+,47+,51-,52-,53-,54-,56+,57-,58-,59-/m0/s1. The lowest BCUT2D eigenvalue weighted by Gasteiger charge is -2.47. The summed E-state index contributed by atoms with van der Waals surface area (Å²) in [5.74, 6) is -4.24. The fraction of sp³-hybridized carbons (Fsp3) is 0.697. The molecule has 0 spiro atoms. The number of hydrogen-bond donors (Lipinski definition) is 3. The number of carbonyl (C=O) groups excluding carboxylic acids is 8. The van der Waals surface area contributed by atoms with Crippen molar-refractivity contribution in [2.45, 2.75) is 240 Å². The Kier molecular flexibility index (Phi) is 31.1. The molecule has 2 aromatic rings. The molecule has 1 heterocycles. The predicted molar refractivity (Wildman–Crippen MR) is 338 cm³/mol. The zero-order valence-corrected chi connectivity index (χ0v) is 57.3. The first-order valence-electron chi connectivity index (χ1n) is 31.4. The lowest BCUT2D eigenvalue weighted by molar-refractivity contribution is -0.179. The van der Waals surface area contributed by atoms with Crippen LogP contribution in [0, 0.1) is 23.7 Å². The number of benzene rings is 2. The second-order valence-electron chi connectivity index (χ2n) is 26.2. The second kappa shape index (κ2) is 35.9. The van der Waals surface area contributed by atoms with Crippen molar-refractivity contribution < 1.29 is 75.9 Å². The number of nitrogens with one attached hydrogen (secondary N) is 3. The lowest BCUT2D eigenvalue weighted by atomic mass is 9.91. The highest BCUT2D eigenvalue weighted by molar-refractivity contribution is 6.77. The minimum absolute atomic E-state index is 0.0152. The normalized spacial score (nSPS) is 17.2. The molecule has 1 fully saturated rings. The predicted octanol–water partition coefficient (Wildman–Crippen LogP) is 10.1. The van der Waals surface area contributed by atoms with Crippen LogP contribution in [-0.2, 0) is 74.6 Å². The van der Waals surface area contributed by atoms with Gasteiger partial charge in [-0.3, -0.25) is 19.2 Å².